The van der Waals surface area contributed by atoms with Gasteiger partial charge in [0.15, 0.2) is 0 Å². The Balaban J connectivity index is 2.24. The van der Waals surface area contributed by atoms with Gasteiger partial charge in [-0.1, -0.05) is 25.1 Å². The molecule has 2 nitrogen and oxygen atoms in total. The van der Waals surface area contributed by atoms with Crippen LogP contribution in [-0.2, 0) is 6.42 Å². The van der Waals surface area contributed by atoms with E-state index in [-0.39, 0.29) is 6.04 Å². The van der Waals surface area contributed by atoms with Crippen LogP contribution in [0.2, 0.25) is 0 Å². The van der Waals surface area contributed by atoms with E-state index in [0.29, 0.717) is 0 Å². The minimum Gasteiger partial charge on any atom is -0.457 e. The summed E-state index contributed by atoms with van der Waals surface area (Å²) in [6.45, 7) is 8.36. The van der Waals surface area contributed by atoms with Gasteiger partial charge >= 0.3 is 0 Å². The van der Waals surface area contributed by atoms with E-state index in [0.717, 1.165) is 29.9 Å². The Morgan fingerprint density at radius 3 is 2.29 bits per heavy atom. The number of aryl methyl sites for hydroxylation is 3. The fourth-order valence-corrected chi connectivity index (χ4v) is 2.45. The number of nitrogens with two attached hydrogens (primary N) is 1. The van der Waals surface area contributed by atoms with E-state index < -0.39 is 0 Å². The smallest absolute Gasteiger partial charge is 0.130 e. The predicted octanol–water partition coefficient (Wildman–Crippen LogP) is 4.68. The average Bonchev–Trinajstić information content (AvgIpc) is 2.41. The molecule has 0 bridgehead atoms. The first-order valence-electron chi connectivity index (χ1n) is 7.59. The Morgan fingerprint density at radius 2 is 1.67 bits per heavy atom. The maximum Gasteiger partial charge on any atom is 0.130 e. The molecule has 21 heavy (non-hydrogen) atoms. The molecule has 0 saturated carbocycles. The van der Waals surface area contributed by atoms with Crippen LogP contribution in [0.15, 0.2) is 36.4 Å². The molecule has 0 fully saturated rings. The SMILES string of the molecule is CCC(N)Cc1ccc(C)c(Oc2cc(C)cc(C)c2)c1. The average molecular weight is 283 g/mol. The zero-order valence-corrected chi connectivity index (χ0v) is 13.4. The van der Waals surface area contributed by atoms with E-state index in [4.69, 9.17) is 10.5 Å². The van der Waals surface area contributed by atoms with Crippen LogP contribution in [0.3, 0.4) is 0 Å². The summed E-state index contributed by atoms with van der Waals surface area (Å²) >= 11 is 0. The lowest BCUT2D eigenvalue weighted by atomic mass is 10.0. The Hall–Kier alpha value is -1.80. The van der Waals surface area contributed by atoms with E-state index >= 15 is 0 Å². The number of rotatable bonds is 5. The van der Waals surface area contributed by atoms with Crippen molar-refractivity contribution in [1.82, 2.24) is 0 Å². The van der Waals surface area contributed by atoms with Gasteiger partial charge in [0, 0.05) is 6.04 Å². The van der Waals surface area contributed by atoms with Crippen molar-refractivity contribution in [2.45, 2.75) is 46.6 Å². The van der Waals surface area contributed by atoms with E-state index in [1.807, 2.05) is 0 Å². The van der Waals surface area contributed by atoms with Crippen LogP contribution in [-0.4, -0.2) is 6.04 Å². The highest BCUT2D eigenvalue weighted by molar-refractivity contribution is 5.42. The monoisotopic (exact) mass is 283 g/mol. The molecule has 0 amide bonds. The Labute approximate surface area is 127 Å². The van der Waals surface area contributed by atoms with Gasteiger partial charge in [-0.3, -0.25) is 0 Å². The normalized spacial score (nSPS) is 12.2. The van der Waals surface area contributed by atoms with Gasteiger partial charge in [-0.25, -0.2) is 0 Å². The summed E-state index contributed by atoms with van der Waals surface area (Å²) in [6, 6.07) is 12.9. The summed E-state index contributed by atoms with van der Waals surface area (Å²) in [5, 5.41) is 0. The van der Waals surface area contributed by atoms with Crippen molar-refractivity contribution in [2.24, 2.45) is 5.73 Å². The van der Waals surface area contributed by atoms with Gasteiger partial charge in [-0.15, -0.1) is 0 Å². The summed E-state index contributed by atoms with van der Waals surface area (Å²) < 4.78 is 6.09. The first kappa shape index (κ1) is 15.6. The molecule has 2 rings (SSSR count). The molecule has 0 aliphatic heterocycles. The summed E-state index contributed by atoms with van der Waals surface area (Å²) in [5.41, 5.74) is 10.8. The quantitative estimate of drug-likeness (QED) is 0.864. The fourth-order valence-electron chi connectivity index (χ4n) is 2.45. The molecule has 0 aromatic heterocycles. The van der Waals surface area contributed by atoms with Crippen molar-refractivity contribution in [3.63, 3.8) is 0 Å². The fraction of sp³-hybridized carbons (Fsp3) is 0.368. The van der Waals surface area contributed by atoms with E-state index in [1.165, 1.54) is 16.7 Å². The van der Waals surface area contributed by atoms with Crippen LogP contribution in [0, 0.1) is 20.8 Å². The molecule has 2 N–H and O–H groups in total. The molecule has 0 spiro atoms. The highest BCUT2D eigenvalue weighted by atomic mass is 16.5. The summed E-state index contributed by atoms with van der Waals surface area (Å²) in [7, 11) is 0. The Morgan fingerprint density at radius 1 is 1.00 bits per heavy atom. The molecule has 2 aromatic rings. The second-order valence-corrected chi connectivity index (χ2v) is 5.90. The van der Waals surface area contributed by atoms with Crippen LogP contribution in [0.25, 0.3) is 0 Å². The molecule has 0 radical (unpaired) electrons. The lowest BCUT2D eigenvalue weighted by Crippen LogP contribution is -2.21. The molecule has 2 aromatic carbocycles. The second kappa shape index (κ2) is 6.77. The standard InChI is InChI=1S/C19H25NO/c1-5-17(20)11-16-7-6-15(4)19(12-16)21-18-9-13(2)8-14(3)10-18/h6-10,12,17H,5,11,20H2,1-4H3. The van der Waals surface area contributed by atoms with Crippen molar-refractivity contribution < 1.29 is 4.74 Å². The lowest BCUT2D eigenvalue weighted by molar-refractivity contribution is 0.477. The van der Waals surface area contributed by atoms with Crippen molar-refractivity contribution in [2.75, 3.05) is 0 Å². The van der Waals surface area contributed by atoms with E-state index in [2.05, 4.69) is 64.1 Å². The van der Waals surface area contributed by atoms with Crippen LogP contribution in [0.4, 0.5) is 0 Å². The van der Waals surface area contributed by atoms with E-state index in [9.17, 15) is 0 Å². The molecule has 112 valence electrons. The first-order chi connectivity index (χ1) is 9.97. The summed E-state index contributed by atoms with van der Waals surface area (Å²) in [6.07, 6.45) is 1.88. The second-order valence-electron chi connectivity index (χ2n) is 5.90. The molecule has 1 unspecified atom stereocenters. The van der Waals surface area contributed by atoms with Gasteiger partial charge in [0.25, 0.3) is 0 Å². The van der Waals surface area contributed by atoms with Crippen LogP contribution in [0.1, 0.15) is 35.6 Å². The number of benzene rings is 2. The molecular weight excluding hydrogens is 258 g/mol. The zero-order chi connectivity index (χ0) is 15.4. The molecule has 2 heteroatoms. The number of ether oxygens (including phenoxy) is 1. The van der Waals surface area contributed by atoms with Crippen molar-refractivity contribution >= 4 is 0 Å². The minimum atomic E-state index is 0.210. The molecule has 0 heterocycles. The highest BCUT2D eigenvalue weighted by Crippen LogP contribution is 2.28. The number of hydrogen-bond acceptors (Lipinski definition) is 2. The van der Waals surface area contributed by atoms with Crippen molar-refractivity contribution in [3.05, 3.63) is 58.7 Å². The molecule has 0 saturated heterocycles. The Kier molecular flexibility index (Phi) is 5.03. The third kappa shape index (κ3) is 4.33. The van der Waals surface area contributed by atoms with Gasteiger partial charge < -0.3 is 10.5 Å². The topological polar surface area (TPSA) is 35.2 Å². The molecule has 0 aliphatic rings. The minimum absolute atomic E-state index is 0.210. The first-order valence-corrected chi connectivity index (χ1v) is 7.59. The maximum atomic E-state index is 6.09. The van der Waals surface area contributed by atoms with Crippen LogP contribution < -0.4 is 10.5 Å². The summed E-state index contributed by atoms with van der Waals surface area (Å²) in [4.78, 5) is 0. The van der Waals surface area contributed by atoms with Gasteiger partial charge in [0.2, 0.25) is 0 Å². The highest BCUT2D eigenvalue weighted by Gasteiger charge is 2.07. The largest absolute Gasteiger partial charge is 0.457 e. The third-order valence-corrected chi connectivity index (χ3v) is 3.70. The lowest BCUT2D eigenvalue weighted by Gasteiger charge is -2.14. The van der Waals surface area contributed by atoms with Gasteiger partial charge in [-0.2, -0.15) is 0 Å². The van der Waals surface area contributed by atoms with Gasteiger partial charge in [0.05, 0.1) is 0 Å². The van der Waals surface area contributed by atoms with Crippen molar-refractivity contribution in [1.29, 1.82) is 0 Å². The third-order valence-electron chi connectivity index (χ3n) is 3.70. The van der Waals surface area contributed by atoms with Crippen LogP contribution >= 0.6 is 0 Å². The van der Waals surface area contributed by atoms with E-state index in [1.54, 1.807) is 0 Å². The predicted molar refractivity (Wildman–Crippen MR) is 89.1 cm³/mol. The zero-order valence-electron chi connectivity index (χ0n) is 13.4. The molecule has 0 aliphatic carbocycles. The number of hydrogen-bond donors (Lipinski definition) is 1. The van der Waals surface area contributed by atoms with Gasteiger partial charge in [-0.05, 0) is 74.1 Å². The van der Waals surface area contributed by atoms with Crippen molar-refractivity contribution in [3.8, 4) is 11.5 Å². The molecule has 1 atom stereocenters. The Bertz CT molecular complexity index is 599. The summed E-state index contributed by atoms with van der Waals surface area (Å²) in [5.74, 6) is 1.81. The van der Waals surface area contributed by atoms with Crippen LogP contribution in [0.5, 0.6) is 11.5 Å². The maximum absolute atomic E-state index is 6.09. The van der Waals surface area contributed by atoms with Gasteiger partial charge in [0.1, 0.15) is 11.5 Å². The molecular formula is C19H25NO.